The van der Waals surface area contributed by atoms with Crippen molar-refractivity contribution in [3.8, 4) is 5.69 Å². The summed E-state index contributed by atoms with van der Waals surface area (Å²) in [6.07, 6.45) is 16.6. The highest BCUT2D eigenvalue weighted by atomic mass is 35.5. The molecule has 2 aromatic heterocycles. The van der Waals surface area contributed by atoms with Crippen LogP contribution in [0, 0.1) is 0 Å². The van der Waals surface area contributed by atoms with E-state index in [1.54, 1.807) is 29.4 Å². The number of thioether (sulfide) groups is 1. The average molecular weight is 480 g/mol. The molecule has 0 unspecified atom stereocenters. The molecule has 0 radical (unpaired) electrons. The summed E-state index contributed by atoms with van der Waals surface area (Å²) >= 11 is 6.50. The number of nitrogens with zero attached hydrogens (tertiary/aromatic N) is 3. The Morgan fingerprint density at radius 1 is 1.15 bits per heavy atom. The second kappa shape index (κ2) is 14.3. The molecule has 4 nitrogen and oxygen atoms in total. The first kappa shape index (κ1) is 26.4. The maximum absolute atomic E-state index is 13.0. The highest BCUT2D eigenvalue weighted by molar-refractivity contribution is 7.98. The number of alkyl halides is 1. The van der Waals surface area contributed by atoms with E-state index in [0.717, 1.165) is 24.1 Å². The van der Waals surface area contributed by atoms with Crippen LogP contribution in [0.2, 0.25) is 0 Å². The van der Waals surface area contributed by atoms with Crippen molar-refractivity contribution in [1.29, 1.82) is 0 Å². The molecule has 6 heteroatoms. The van der Waals surface area contributed by atoms with Crippen molar-refractivity contribution >= 4 is 29.4 Å². The lowest BCUT2D eigenvalue weighted by molar-refractivity contribution is 0.883. The Bertz CT molecular complexity index is 1140. The lowest BCUT2D eigenvalue weighted by atomic mass is 10.1. The molecule has 0 saturated heterocycles. The molecule has 0 bridgehead atoms. The normalized spacial score (nSPS) is 11.2. The fourth-order valence-corrected chi connectivity index (χ4v) is 3.66. The predicted molar refractivity (Wildman–Crippen MR) is 143 cm³/mol. The highest BCUT2D eigenvalue weighted by Gasteiger charge is 2.10. The maximum Gasteiger partial charge on any atom is 0.272 e. The zero-order chi connectivity index (χ0) is 24.1. The van der Waals surface area contributed by atoms with E-state index in [1.165, 1.54) is 22.9 Å². The van der Waals surface area contributed by atoms with Crippen LogP contribution in [0.5, 0.6) is 0 Å². The molecule has 0 aliphatic heterocycles. The summed E-state index contributed by atoms with van der Waals surface area (Å²) in [4.78, 5) is 22.2. The lowest BCUT2D eigenvalue weighted by Gasteiger charge is -2.10. The lowest BCUT2D eigenvalue weighted by Crippen LogP contribution is -2.21. The van der Waals surface area contributed by atoms with Gasteiger partial charge < -0.3 is 0 Å². The third-order valence-corrected chi connectivity index (χ3v) is 5.68. The minimum absolute atomic E-state index is 0.0499. The van der Waals surface area contributed by atoms with E-state index in [9.17, 15) is 4.79 Å². The molecule has 33 heavy (non-hydrogen) atoms. The van der Waals surface area contributed by atoms with E-state index < -0.39 is 0 Å². The fourth-order valence-electron chi connectivity index (χ4n) is 3.06. The number of pyridine rings is 1. The minimum atomic E-state index is -0.0499. The second-order valence-electron chi connectivity index (χ2n) is 7.17. The first-order valence-corrected chi connectivity index (χ1v) is 12.5. The summed E-state index contributed by atoms with van der Waals surface area (Å²) in [7, 11) is 0. The zero-order valence-corrected chi connectivity index (χ0v) is 20.9. The van der Waals surface area contributed by atoms with Crippen LogP contribution in [0.25, 0.3) is 11.8 Å². The summed E-state index contributed by atoms with van der Waals surface area (Å²) in [6.45, 7) is 7.50. The summed E-state index contributed by atoms with van der Waals surface area (Å²) in [5.74, 6) is 0.556. The molecule has 0 atom stereocenters. The van der Waals surface area contributed by atoms with Gasteiger partial charge in [0.25, 0.3) is 5.56 Å². The largest absolute Gasteiger partial charge is 0.272 e. The van der Waals surface area contributed by atoms with Crippen molar-refractivity contribution < 1.29 is 0 Å². The molecule has 0 saturated carbocycles. The van der Waals surface area contributed by atoms with Crippen LogP contribution in [0.15, 0.2) is 95.2 Å². The first-order valence-electron chi connectivity index (χ1n) is 10.7. The van der Waals surface area contributed by atoms with Gasteiger partial charge in [-0.05, 0) is 67.5 Å². The molecule has 0 amide bonds. The van der Waals surface area contributed by atoms with E-state index >= 15 is 0 Å². The van der Waals surface area contributed by atoms with Crippen LogP contribution in [-0.4, -0.2) is 26.7 Å². The Morgan fingerprint density at radius 2 is 1.79 bits per heavy atom. The number of rotatable bonds is 8. The number of allylic oxidation sites excluding steroid dienone is 4. The third kappa shape index (κ3) is 8.19. The number of halogens is 1. The Labute approximate surface area is 205 Å². The Hall–Kier alpha value is -2.89. The fraction of sp³-hybridized carbons (Fsp3) is 0.222. The average Bonchev–Trinajstić information content (AvgIpc) is 2.84. The maximum atomic E-state index is 13.0. The van der Waals surface area contributed by atoms with Gasteiger partial charge in [-0.2, -0.15) is 0 Å². The Kier molecular flexibility index (Phi) is 11.4. The van der Waals surface area contributed by atoms with Gasteiger partial charge in [-0.3, -0.25) is 14.3 Å². The quantitative estimate of drug-likeness (QED) is 0.156. The molecule has 0 aliphatic rings. The Balaban J connectivity index is 0.000000890. The molecule has 3 aromatic rings. The van der Waals surface area contributed by atoms with Gasteiger partial charge in [0.2, 0.25) is 0 Å². The van der Waals surface area contributed by atoms with Crippen molar-refractivity contribution in [3.05, 3.63) is 113 Å². The molecule has 0 spiro atoms. The van der Waals surface area contributed by atoms with Crippen molar-refractivity contribution in [2.45, 2.75) is 31.6 Å². The molecule has 2 heterocycles. The van der Waals surface area contributed by atoms with Crippen LogP contribution in [0.1, 0.15) is 37.1 Å². The van der Waals surface area contributed by atoms with Crippen LogP contribution < -0.4 is 5.56 Å². The van der Waals surface area contributed by atoms with Gasteiger partial charge in [-0.1, -0.05) is 42.9 Å². The van der Waals surface area contributed by atoms with Gasteiger partial charge in [0, 0.05) is 18.3 Å². The van der Waals surface area contributed by atoms with E-state index in [-0.39, 0.29) is 5.56 Å². The molecule has 0 fully saturated rings. The third-order valence-electron chi connectivity index (χ3n) is 4.67. The van der Waals surface area contributed by atoms with Gasteiger partial charge in [0.05, 0.1) is 16.3 Å². The molecule has 0 N–H and O–H groups in total. The van der Waals surface area contributed by atoms with Crippen LogP contribution in [0.3, 0.4) is 0 Å². The zero-order valence-electron chi connectivity index (χ0n) is 19.4. The van der Waals surface area contributed by atoms with E-state index in [4.69, 9.17) is 11.6 Å². The number of benzene rings is 1. The van der Waals surface area contributed by atoms with E-state index in [2.05, 4.69) is 29.5 Å². The minimum Gasteiger partial charge on any atom is -0.268 e. The summed E-state index contributed by atoms with van der Waals surface area (Å²) in [5.41, 5.74) is 5.02. The van der Waals surface area contributed by atoms with Crippen LogP contribution in [-0.2, 0) is 6.42 Å². The van der Waals surface area contributed by atoms with Gasteiger partial charge in [-0.15, -0.1) is 29.9 Å². The van der Waals surface area contributed by atoms with Gasteiger partial charge in [-0.25, -0.2) is 4.98 Å². The van der Waals surface area contributed by atoms with Crippen molar-refractivity contribution in [2.24, 2.45) is 0 Å². The van der Waals surface area contributed by atoms with E-state index in [0.29, 0.717) is 16.5 Å². The smallest absolute Gasteiger partial charge is 0.268 e. The monoisotopic (exact) mass is 479 g/mol. The van der Waals surface area contributed by atoms with Crippen molar-refractivity contribution in [3.63, 3.8) is 0 Å². The molecule has 3 rings (SSSR count). The van der Waals surface area contributed by atoms with Crippen LogP contribution >= 0.6 is 23.4 Å². The summed E-state index contributed by atoms with van der Waals surface area (Å²) < 4.78 is 1.61. The molecule has 0 aliphatic carbocycles. The highest BCUT2D eigenvalue weighted by Crippen LogP contribution is 2.18. The van der Waals surface area contributed by atoms with Gasteiger partial charge >= 0.3 is 0 Å². The number of hydrogen-bond acceptors (Lipinski definition) is 4. The van der Waals surface area contributed by atoms with Crippen molar-refractivity contribution in [1.82, 2.24) is 14.5 Å². The van der Waals surface area contributed by atoms with Crippen LogP contribution in [0.4, 0.5) is 0 Å². The molecular weight excluding hydrogens is 450 g/mol. The molecular formula is C27H30ClN3OS. The van der Waals surface area contributed by atoms with Gasteiger partial charge in [0.1, 0.15) is 6.33 Å². The Morgan fingerprint density at radius 3 is 2.36 bits per heavy atom. The van der Waals surface area contributed by atoms with Crippen molar-refractivity contribution in [2.75, 3.05) is 12.1 Å². The molecule has 172 valence electrons. The topological polar surface area (TPSA) is 47.8 Å². The molecule has 1 aromatic carbocycles. The second-order valence-corrected chi connectivity index (χ2v) is 8.29. The first-order chi connectivity index (χ1) is 16.0. The van der Waals surface area contributed by atoms with Gasteiger partial charge in [0.15, 0.2) is 0 Å². The number of hydrogen-bond donors (Lipinski definition) is 0. The summed E-state index contributed by atoms with van der Waals surface area (Å²) in [5, 5.41) is 0. The predicted octanol–water partition coefficient (Wildman–Crippen LogP) is 6.72. The standard InChI is InChI=1S/C24H25N3OS.C3H5Cl/c1-4-5-18(2)6-11-22-23(29-3)24(28)27(17-26-22)21-9-7-19(8-10-21)16-20-12-14-25-15-13-20;1-2-3-4/h5-15,17H,4,16H2,1-3H3;2H,1,3H2/b11-6+,18-5+;. The number of aromatic nitrogens is 3. The SMILES string of the molecule is C=CCCl.CC/C=C(C)/C=C/c1ncn(-c2ccc(Cc3ccncc3)cc2)c(=O)c1SC. The summed E-state index contributed by atoms with van der Waals surface area (Å²) in [6, 6.07) is 12.1. The van der Waals surface area contributed by atoms with E-state index in [1.807, 2.05) is 61.7 Å².